The van der Waals surface area contributed by atoms with E-state index in [1.54, 1.807) is 6.07 Å². The molecule has 96 valence electrons. The Kier molecular flexibility index (Phi) is 4.31. The van der Waals surface area contributed by atoms with Crippen LogP contribution in [0.25, 0.3) is 0 Å². The molecule has 2 rings (SSSR count). The number of thiophene rings is 1. The van der Waals surface area contributed by atoms with E-state index in [1.165, 1.54) is 11.3 Å². The number of carbonyl (C=O) groups is 1. The molecule has 0 aromatic carbocycles. The van der Waals surface area contributed by atoms with Gasteiger partial charge in [-0.1, -0.05) is 0 Å². The molecule has 1 amide bonds. The number of hydrogen-bond acceptors (Lipinski definition) is 5. The van der Waals surface area contributed by atoms with Crippen molar-refractivity contribution in [3.63, 3.8) is 0 Å². The zero-order chi connectivity index (χ0) is 13.0. The van der Waals surface area contributed by atoms with Crippen molar-refractivity contribution in [1.29, 1.82) is 5.26 Å². The van der Waals surface area contributed by atoms with E-state index >= 15 is 0 Å². The van der Waals surface area contributed by atoms with Gasteiger partial charge in [0.1, 0.15) is 11.1 Å². The monoisotopic (exact) mass is 264 g/mol. The average Bonchev–Trinajstić information content (AvgIpc) is 2.79. The van der Waals surface area contributed by atoms with Crippen LogP contribution >= 0.6 is 11.3 Å². The molecule has 0 aliphatic carbocycles. The SMILES string of the molecule is C[C@@H]1CNCCN1CC(=O)Nc1sccc1C#N. The van der Waals surface area contributed by atoms with Gasteiger partial charge in [-0.05, 0) is 18.4 Å². The molecule has 1 saturated heterocycles. The Balaban J connectivity index is 1.91. The Labute approximate surface area is 110 Å². The summed E-state index contributed by atoms with van der Waals surface area (Å²) >= 11 is 1.38. The molecular formula is C12H16N4OS. The summed E-state index contributed by atoms with van der Waals surface area (Å²) in [7, 11) is 0. The maximum atomic E-state index is 11.9. The van der Waals surface area contributed by atoms with Crippen LogP contribution in [0.2, 0.25) is 0 Å². The molecule has 0 saturated carbocycles. The highest BCUT2D eigenvalue weighted by Gasteiger charge is 2.20. The molecule has 1 aliphatic rings. The second-order valence-corrected chi connectivity index (χ2v) is 5.26. The molecule has 1 aromatic rings. The minimum Gasteiger partial charge on any atom is -0.315 e. The largest absolute Gasteiger partial charge is 0.315 e. The van der Waals surface area contributed by atoms with Crippen LogP contribution in [-0.2, 0) is 4.79 Å². The third-order valence-corrected chi connectivity index (χ3v) is 3.85. The first-order chi connectivity index (χ1) is 8.70. The Bertz CT molecular complexity index is 465. The van der Waals surface area contributed by atoms with E-state index in [4.69, 9.17) is 5.26 Å². The quantitative estimate of drug-likeness (QED) is 0.849. The molecule has 1 atom stereocenters. The van der Waals surface area contributed by atoms with Crippen LogP contribution < -0.4 is 10.6 Å². The third kappa shape index (κ3) is 3.07. The summed E-state index contributed by atoms with van der Waals surface area (Å²) in [4.78, 5) is 14.1. The zero-order valence-corrected chi connectivity index (χ0v) is 11.1. The molecule has 5 nitrogen and oxygen atoms in total. The maximum Gasteiger partial charge on any atom is 0.239 e. The summed E-state index contributed by atoms with van der Waals surface area (Å²) in [5, 5.41) is 17.4. The van der Waals surface area contributed by atoms with Gasteiger partial charge in [0.2, 0.25) is 5.91 Å². The number of carbonyl (C=O) groups excluding carboxylic acids is 1. The van der Waals surface area contributed by atoms with Crippen LogP contribution in [0.5, 0.6) is 0 Å². The van der Waals surface area contributed by atoms with Crippen molar-refractivity contribution in [3.8, 4) is 6.07 Å². The van der Waals surface area contributed by atoms with Crippen LogP contribution in [0.4, 0.5) is 5.00 Å². The fourth-order valence-corrected chi connectivity index (χ4v) is 2.72. The molecule has 2 N–H and O–H groups in total. The fourth-order valence-electron chi connectivity index (χ4n) is 1.96. The van der Waals surface area contributed by atoms with Crippen LogP contribution in [0.3, 0.4) is 0 Å². The van der Waals surface area contributed by atoms with Gasteiger partial charge >= 0.3 is 0 Å². The second kappa shape index (κ2) is 5.96. The molecule has 1 aromatic heterocycles. The minimum atomic E-state index is -0.0531. The summed E-state index contributed by atoms with van der Waals surface area (Å²) < 4.78 is 0. The van der Waals surface area contributed by atoms with Crippen molar-refractivity contribution in [2.24, 2.45) is 0 Å². The standard InChI is InChI=1S/C12H16N4OS/c1-9-7-14-3-4-16(9)8-11(17)15-12-10(6-13)2-5-18-12/h2,5,9,14H,3-4,7-8H2,1H3,(H,15,17)/t9-/m1/s1. The highest BCUT2D eigenvalue weighted by Crippen LogP contribution is 2.22. The summed E-state index contributed by atoms with van der Waals surface area (Å²) in [5.74, 6) is -0.0531. The van der Waals surface area contributed by atoms with E-state index in [0.717, 1.165) is 19.6 Å². The van der Waals surface area contributed by atoms with Gasteiger partial charge in [-0.25, -0.2) is 0 Å². The Morgan fingerprint density at radius 2 is 2.61 bits per heavy atom. The van der Waals surface area contributed by atoms with E-state index in [2.05, 4.69) is 28.5 Å². The van der Waals surface area contributed by atoms with Gasteiger partial charge in [-0.3, -0.25) is 9.69 Å². The first-order valence-electron chi connectivity index (χ1n) is 5.93. The zero-order valence-electron chi connectivity index (χ0n) is 10.3. The number of anilines is 1. The Morgan fingerprint density at radius 3 is 3.33 bits per heavy atom. The van der Waals surface area contributed by atoms with Crippen molar-refractivity contribution in [3.05, 3.63) is 17.0 Å². The molecular weight excluding hydrogens is 248 g/mol. The summed E-state index contributed by atoms with van der Waals surface area (Å²) in [5.41, 5.74) is 0.529. The van der Waals surface area contributed by atoms with Crippen LogP contribution in [-0.4, -0.2) is 43.0 Å². The van der Waals surface area contributed by atoms with Crippen molar-refractivity contribution < 1.29 is 4.79 Å². The number of nitrogens with zero attached hydrogens (tertiary/aromatic N) is 2. The Hall–Kier alpha value is -1.42. The third-order valence-electron chi connectivity index (χ3n) is 3.02. The molecule has 18 heavy (non-hydrogen) atoms. The Morgan fingerprint density at radius 1 is 1.78 bits per heavy atom. The van der Waals surface area contributed by atoms with Gasteiger partial charge in [0.05, 0.1) is 12.1 Å². The van der Waals surface area contributed by atoms with Crippen LogP contribution in [0.1, 0.15) is 12.5 Å². The molecule has 0 spiro atoms. The van der Waals surface area contributed by atoms with Gasteiger partial charge < -0.3 is 10.6 Å². The number of amides is 1. The molecule has 0 radical (unpaired) electrons. The smallest absolute Gasteiger partial charge is 0.239 e. The number of nitrogens with one attached hydrogen (secondary N) is 2. The molecule has 2 heterocycles. The van der Waals surface area contributed by atoms with Gasteiger partial charge in [0, 0.05) is 25.7 Å². The molecule has 1 aliphatic heterocycles. The van der Waals surface area contributed by atoms with E-state index in [1.807, 2.05) is 5.38 Å². The van der Waals surface area contributed by atoms with Crippen molar-refractivity contribution in [2.45, 2.75) is 13.0 Å². The molecule has 0 unspecified atom stereocenters. The van der Waals surface area contributed by atoms with Gasteiger partial charge in [-0.15, -0.1) is 11.3 Å². The average molecular weight is 264 g/mol. The van der Waals surface area contributed by atoms with Crippen LogP contribution in [0.15, 0.2) is 11.4 Å². The molecule has 1 fully saturated rings. The number of rotatable bonds is 3. The van der Waals surface area contributed by atoms with E-state index < -0.39 is 0 Å². The van der Waals surface area contributed by atoms with Crippen molar-refractivity contribution in [2.75, 3.05) is 31.5 Å². The lowest BCUT2D eigenvalue weighted by Crippen LogP contribution is -2.51. The second-order valence-electron chi connectivity index (χ2n) is 4.35. The van der Waals surface area contributed by atoms with Crippen LogP contribution in [0, 0.1) is 11.3 Å². The van der Waals surface area contributed by atoms with Gasteiger partial charge in [0.25, 0.3) is 0 Å². The summed E-state index contributed by atoms with van der Waals surface area (Å²) in [6.45, 7) is 5.19. The number of piperazine rings is 1. The van der Waals surface area contributed by atoms with E-state index in [0.29, 0.717) is 23.2 Å². The minimum absolute atomic E-state index is 0.0531. The van der Waals surface area contributed by atoms with Gasteiger partial charge in [0.15, 0.2) is 0 Å². The maximum absolute atomic E-state index is 11.9. The first-order valence-corrected chi connectivity index (χ1v) is 6.81. The predicted octanol–water partition coefficient (Wildman–Crippen LogP) is 0.852. The van der Waals surface area contributed by atoms with Crippen molar-refractivity contribution in [1.82, 2.24) is 10.2 Å². The van der Waals surface area contributed by atoms with E-state index in [-0.39, 0.29) is 5.91 Å². The fraction of sp³-hybridized carbons (Fsp3) is 0.500. The van der Waals surface area contributed by atoms with Gasteiger partial charge in [-0.2, -0.15) is 5.26 Å². The van der Waals surface area contributed by atoms with E-state index in [9.17, 15) is 4.79 Å². The van der Waals surface area contributed by atoms with Crippen molar-refractivity contribution >= 4 is 22.2 Å². The lowest BCUT2D eigenvalue weighted by atomic mass is 10.2. The highest BCUT2D eigenvalue weighted by molar-refractivity contribution is 7.14. The predicted molar refractivity (Wildman–Crippen MR) is 71.6 cm³/mol. The normalized spacial score (nSPS) is 20.3. The first kappa shape index (κ1) is 13.0. The highest BCUT2D eigenvalue weighted by atomic mass is 32.1. The summed E-state index contributed by atoms with van der Waals surface area (Å²) in [6.07, 6.45) is 0. The number of hydrogen-bond donors (Lipinski definition) is 2. The lowest BCUT2D eigenvalue weighted by Gasteiger charge is -2.33. The topological polar surface area (TPSA) is 68.2 Å². The number of nitriles is 1. The molecule has 0 bridgehead atoms. The summed E-state index contributed by atoms with van der Waals surface area (Å²) in [6, 6.07) is 4.15. The molecule has 6 heteroatoms. The lowest BCUT2D eigenvalue weighted by molar-refractivity contribution is -0.118.